The molecular formula is C36H46ClN7O2. The lowest BCUT2D eigenvalue weighted by Gasteiger charge is -2.41. The predicted octanol–water partition coefficient (Wildman–Crippen LogP) is 4.87. The minimum absolute atomic E-state index is 0.0942. The van der Waals surface area contributed by atoms with Crippen molar-refractivity contribution in [2.75, 3.05) is 83.4 Å². The molecule has 9 nitrogen and oxygen atoms in total. The molecule has 1 aromatic heterocycles. The number of anilines is 2. The maximum Gasteiger partial charge on any atom is 0.318 e. The molecule has 0 unspecified atom stereocenters. The highest BCUT2D eigenvalue weighted by Crippen LogP contribution is 2.40. The fourth-order valence-corrected chi connectivity index (χ4v) is 8.26. The first kappa shape index (κ1) is 31.2. The third kappa shape index (κ3) is 6.17. The van der Waals surface area contributed by atoms with Crippen molar-refractivity contribution in [2.45, 2.75) is 44.2 Å². The summed E-state index contributed by atoms with van der Waals surface area (Å²) in [6.07, 6.45) is 9.30. The molecule has 0 N–H and O–H groups in total. The Hall–Kier alpha value is -3.40. The van der Waals surface area contributed by atoms with Crippen molar-refractivity contribution in [3.63, 3.8) is 0 Å². The van der Waals surface area contributed by atoms with Gasteiger partial charge in [-0.05, 0) is 76.8 Å². The third-order valence-electron chi connectivity index (χ3n) is 10.4. The van der Waals surface area contributed by atoms with Gasteiger partial charge in [-0.25, -0.2) is 0 Å². The van der Waals surface area contributed by atoms with Gasteiger partial charge >= 0.3 is 6.01 Å². The standard InChI is InChI=1S/C36H46ClN7O2/c1-40(2)17-6-13-32(45)43-22-26(23-43)21-41(3)34-28-14-20-42(31-12-5-10-27-9-4-11-29(37)33(27)31)24-30(28)38-35(39-34)46-25-36-15-7-18-44(36)19-8-16-36/h4-6,9-13,26H,7-8,14-25H2,1-3H3/b13-6+. The van der Waals surface area contributed by atoms with Crippen LogP contribution >= 0.6 is 11.6 Å². The molecule has 7 rings (SSSR count). The van der Waals surface area contributed by atoms with Crippen molar-refractivity contribution in [1.29, 1.82) is 0 Å². The van der Waals surface area contributed by atoms with Gasteiger partial charge in [0.05, 0.1) is 22.8 Å². The van der Waals surface area contributed by atoms with E-state index in [1.807, 2.05) is 42.1 Å². The molecule has 0 aliphatic carbocycles. The van der Waals surface area contributed by atoms with Crippen LogP contribution in [0.5, 0.6) is 6.01 Å². The summed E-state index contributed by atoms with van der Waals surface area (Å²) >= 11 is 6.74. The Labute approximate surface area is 277 Å². The van der Waals surface area contributed by atoms with Crippen LogP contribution in [0, 0.1) is 5.92 Å². The van der Waals surface area contributed by atoms with E-state index >= 15 is 0 Å². The van der Waals surface area contributed by atoms with Crippen LogP contribution in [0.3, 0.4) is 0 Å². The van der Waals surface area contributed by atoms with Crippen LogP contribution in [0.4, 0.5) is 11.5 Å². The van der Waals surface area contributed by atoms with Crippen LogP contribution in [-0.4, -0.2) is 110 Å². The largest absolute Gasteiger partial charge is 0.461 e. The number of carbonyl (C=O) groups is 1. The number of nitrogens with zero attached hydrogens (tertiary/aromatic N) is 7. The van der Waals surface area contributed by atoms with Crippen LogP contribution in [0.2, 0.25) is 5.02 Å². The van der Waals surface area contributed by atoms with Gasteiger partial charge in [0.25, 0.3) is 0 Å². The van der Waals surface area contributed by atoms with Gasteiger partial charge in [0.1, 0.15) is 12.4 Å². The number of likely N-dealkylation sites (N-methyl/N-ethyl adjacent to an activating group) is 1. The van der Waals surface area contributed by atoms with Gasteiger partial charge in [-0.1, -0.05) is 41.9 Å². The van der Waals surface area contributed by atoms with E-state index in [2.05, 4.69) is 46.0 Å². The SMILES string of the molecule is CN(C)C/C=C/C(=O)N1CC(CN(C)c2nc(OCC34CCCN3CCC4)nc3c2CCN(c2cccc4cccc(Cl)c24)C3)C1. The van der Waals surface area contributed by atoms with Crippen molar-refractivity contribution < 1.29 is 9.53 Å². The molecule has 0 bridgehead atoms. The maximum atomic E-state index is 12.6. The minimum atomic E-state index is 0.0942. The average Bonchev–Trinajstić information content (AvgIpc) is 3.61. The van der Waals surface area contributed by atoms with Gasteiger partial charge in [0.2, 0.25) is 5.91 Å². The van der Waals surface area contributed by atoms with Crippen LogP contribution < -0.4 is 14.5 Å². The molecule has 4 aliphatic heterocycles. The molecule has 5 heterocycles. The second-order valence-corrected chi connectivity index (χ2v) is 14.3. The molecule has 0 saturated carbocycles. The minimum Gasteiger partial charge on any atom is -0.461 e. The summed E-state index contributed by atoms with van der Waals surface area (Å²) in [5, 5.41) is 2.99. The fourth-order valence-electron chi connectivity index (χ4n) is 7.98. The van der Waals surface area contributed by atoms with Crippen molar-refractivity contribution in [3.05, 3.63) is 64.8 Å². The summed E-state index contributed by atoms with van der Waals surface area (Å²) in [5.41, 5.74) is 3.47. The molecule has 244 valence electrons. The molecule has 3 saturated heterocycles. The normalized spacial score (nSPS) is 19.6. The Morgan fingerprint density at radius 2 is 1.83 bits per heavy atom. The topological polar surface area (TPSA) is 68.3 Å². The maximum absolute atomic E-state index is 12.6. The van der Waals surface area contributed by atoms with Crippen LogP contribution in [0.25, 0.3) is 10.8 Å². The highest BCUT2D eigenvalue weighted by molar-refractivity contribution is 6.36. The Balaban J connectivity index is 1.12. The van der Waals surface area contributed by atoms with Crippen LogP contribution in [-0.2, 0) is 17.8 Å². The molecule has 2 aromatic carbocycles. The van der Waals surface area contributed by atoms with E-state index in [-0.39, 0.29) is 11.4 Å². The quantitative estimate of drug-likeness (QED) is 0.290. The van der Waals surface area contributed by atoms with Crippen molar-refractivity contribution in [3.8, 4) is 6.01 Å². The molecular weight excluding hydrogens is 598 g/mol. The second kappa shape index (κ2) is 13.0. The molecule has 0 radical (unpaired) electrons. The number of aromatic nitrogens is 2. The molecule has 0 atom stereocenters. The van der Waals surface area contributed by atoms with E-state index in [1.165, 1.54) is 31.2 Å². The molecule has 0 spiro atoms. The number of ether oxygens (including phenoxy) is 1. The lowest BCUT2D eigenvalue weighted by atomic mass is 9.95. The number of hydrogen-bond acceptors (Lipinski definition) is 8. The van der Waals surface area contributed by atoms with E-state index in [0.717, 1.165) is 85.2 Å². The molecule has 4 aliphatic rings. The lowest BCUT2D eigenvalue weighted by molar-refractivity contribution is -0.131. The zero-order chi connectivity index (χ0) is 31.8. The van der Waals surface area contributed by atoms with Gasteiger partial charge in [-0.3, -0.25) is 9.69 Å². The summed E-state index contributed by atoms with van der Waals surface area (Å²) in [6, 6.07) is 13.0. The van der Waals surface area contributed by atoms with Gasteiger partial charge in [0.15, 0.2) is 0 Å². The Kier molecular flexibility index (Phi) is 8.83. The van der Waals surface area contributed by atoms with E-state index < -0.39 is 0 Å². The van der Waals surface area contributed by atoms with E-state index in [9.17, 15) is 4.79 Å². The number of rotatable bonds is 10. The average molecular weight is 644 g/mol. The summed E-state index contributed by atoms with van der Waals surface area (Å²) in [6.45, 7) is 7.60. The summed E-state index contributed by atoms with van der Waals surface area (Å²) in [4.78, 5) is 34.0. The Morgan fingerprint density at radius 1 is 1.07 bits per heavy atom. The first-order valence-corrected chi connectivity index (χ1v) is 17.2. The zero-order valence-electron chi connectivity index (χ0n) is 27.4. The van der Waals surface area contributed by atoms with E-state index in [1.54, 1.807) is 6.08 Å². The second-order valence-electron chi connectivity index (χ2n) is 13.9. The summed E-state index contributed by atoms with van der Waals surface area (Å²) < 4.78 is 6.54. The summed E-state index contributed by atoms with van der Waals surface area (Å²) in [5.74, 6) is 1.45. The van der Waals surface area contributed by atoms with Crippen molar-refractivity contribution >= 4 is 39.8 Å². The smallest absolute Gasteiger partial charge is 0.318 e. The summed E-state index contributed by atoms with van der Waals surface area (Å²) in [7, 11) is 6.13. The first-order chi connectivity index (χ1) is 22.3. The van der Waals surface area contributed by atoms with E-state index in [4.69, 9.17) is 26.3 Å². The molecule has 3 fully saturated rings. The number of amides is 1. The third-order valence-corrected chi connectivity index (χ3v) is 10.7. The van der Waals surface area contributed by atoms with Crippen molar-refractivity contribution in [2.24, 2.45) is 5.92 Å². The number of carbonyl (C=O) groups excluding carboxylic acids is 1. The van der Waals surface area contributed by atoms with Gasteiger partial charge in [0, 0.05) is 68.4 Å². The van der Waals surface area contributed by atoms with Crippen LogP contribution in [0.15, 0.2) is 48.6 Å². The highest BCUT2D eigenvalue weighted by Gasteiger charge is 2.45. The van der Waals surface area contributed by atoms with Crippen LogP contribution in [0.1, 0.15) is 36.9 Å². The first-order valence-electron chi connectivity index (χ1n) is 16.8. The Morgan fingerprint density at radius 3 is 2.59 bits per heavy atom. The number of hydrogen-bond donors (Lipinski definition) is 0. The van der Waals surface area contributed by atoms with E-state index in [0.29, 0.717) is 25.1 Å². The molecule has 10 heteroatoms. The van der Waals surface area contributed by atoms with Crippen molar-refractivity contribution in [1.82, 2.24) is 24.7 Å². The van der Waals surface area contributed by atoms with Gasteiger partial charge in [-0.2, -0.15) is 9.97 Å². The number of benzene rings is 2. The predicted molar refractivity (Wildman–Crippen MR) is 185 cm³/mol. The van der Waals surface area contributed by atoms with Gasteiger partial charge < -0.3 is 24.3 Å². The zero-order valence-corrected chi connectivity index (χ0v) is 28.2. The molecule has 46 heavy (non-hydrogen) atoms. The number of fused-ring (bicyclic) bond motifs is 3. The number of likely N-dealkylation sites (tertiary alicyclic amines) is 1. The molecule has 1 amide bonds. The monoisotopic (exact) mass is 643 g/mol. The molecule has 3 aromatic rings. The lowest BCUT2D eigenvalue weighted by Crippen LogP contribution is -2.53. The fraction of sp³-hybridized carbons (Fsp3) is 0.528. The van der Waals surface area contributed by atoms with Gasteiger partial charge in [-0.15, -0.1) is 0 Å². The Bertz CT molecular complexity index is 1610. The highest BCUT2D eigenvalue weighted by atomic mass is 35.5. The number of halogens is 1.